The van der Waals surface area contributed by atoms with Gasteiger partial charge in [-0.2, -0.15) is 0 Å². The van der Waals surface area contributed by atoms with Gasteiger partial charge in [0.15, 0.2) is 0 Å². The molecule has 3 heteroatoms. The van der Waals surface area contributed by atoms with Crippen molar-refractivity contribution in [1.29, 1.82) is 0 Å². The number of aliphatic hydroxyl groups excluding tert-OH is 1. The van der Waals surface area contributed by atoms with Gasteiger partial charge in [0.05, 0.1) is 6.10 Å². The van der Waals surface area contributed by atoms with E-state index in [0.717, 1.165) is 0 Å². The zero-order chi connectivity index (χ0) is 11.1. The number of nitrogens with one attached hydrogen (secondary N) is 1. The minimum atomic E-state index is -1.09. The summed E-state index contributed by atoms with van der Waals surface area (Å²) < 4.78 is 0. The third-order valence-corrected chi connectivity index (χ3v) is 2.12. The monoisotopic (exact) mass is 206 g/mol. The highest BCUT2D eigenvalue weighted by Crippen LogP contribution is 2.16. The van der Waals surface area contributed by atoms with Crippen LogP contribution in [0.5, 0.6) is 0 Å². The molecule has 0 aliphatic heterocycles. The van der Waals surface area contributed by atoms with Crippen molar-refractivity contribution in [2.24, 2.45) is 0 Å². The van der Waals surface area contributed by atoms with Gasteiger partial charge in [-0.3, -0.25) is 0 Å². The molecular weight excluding hydrogens is 190 g/mol. The molecule has 3 nitrogen and oxygen atoms in total. The second-order valence-corrected chi connectivity index (χ2v) is 3.35. The molecule has 0 aromatic heterocycles. The van der Waals surface area contributed by atoms with E-state index in [-0.39, 0.29) is 6.54 Å². The van der Waals surface area contributed by atoms with Crippen molar-refractivity contribution in [3.63, 3.8) is 0 Å². The largest absolute Gasteiger partial charge is 0.389 e. The van der Waals surface area contributed by atoms with Crippen molar-refractivity contribution in [3.8, 4) is 0 Å². The molecule has 1 rings (SSSR count). The van der Waals surface area contributed by atoms with Gasteiger partial charge in [0.1, 0.15) is 6.10 Å². The average Bonchev–Trinajstić information content (AvgIpc) is 2.29. The summed E-state index contributed by atoms with van der Waals surface area (Å²) >= 11 is 0. The number of benzene rings is 1. The van der Waals surface area contributed by atoms with E-state index in [0.29, 0.717) is 12.1 Å². The predicted molar refractivity (Wildman–Crippen MR) is 58.9 cm³/mol. The molecule has 0 amide bonds. The summed E-state index contributed by atoms with van der Waals surface area (Å²) in [5, 5.41) is 24.2. The summed E-state index contributed by atoms with van der Waals surface area (Å²) in [5.74, 6) is 0. The highest BCUT2D eigenvalue weighted by molar-refractivity contribution is 5.18. The Labute approximate surface area is 90.1 Å². The lowest BCUT2D eigenvalue weighted by molar-refractivity contribution is -0.0257. The van der Waals surface area contributed by atoms with Gasteiger partial charge in [-0.05, 0) is 5.56 Å². The Morgan fingerprint density at radius 2 is 2.07 bits per heavy atom. The molecule has 0 spiro atoms. The fraction of sp³-hybridized carbons (Fsp3) is 0.333. The number of hydrogen-bond acceptors (Lipinski definition) is 2. The molecule has 0 saturated carbocycles. The van der Waals surface area contributed by atoms with Crippen LogP contribution in [-0.2, 0) is 5.11 Å². The summed E-state index contributed by atoms with van der Waals surface area (Å²) in [6.45, 7) is 4.42. The average molecular weight is 206 g/mol. The van der Waals surface area contributed by atoms with Crippen molar-refractivity contribution < 1.29 is 10.2 Å². The Balaban J connectivity index is 2.45. The summed E-state index contributed by atoms with van der Waals surface area (Å²) in [5.41, 5.74) is 0.616. The van der Waals surface area contributed by atoms with Crippen molar-refractivity contribution >= 4 is 0 Å². The molecule has 0 aliphatic carbocycles. The molecule has 2 atom stereocenters. The van der Waals surface area contributed by atoms with Crippen molar-refractivity contribution in [1.82, 2.24) is 5.32 Å². The first kappa shape index (κ1) is 11.9. The SMILES string of the molecule is C=CCNCC(O)C([O])c1ccccc1. The van der Waals surface area contributed by atoms with E-state index >= 15 is 0 Å². The van der Waals surface area contributed by atoms with Crippen LogP contribution in [0.2, 0.25) is 0 Å². The van der Waals surface area contributed by atoms with Crippen LogP contribution in [0.1, 0.15) is 11.7 Å². The minimum absolute atomic E-state index is 0.287. The molecule has 15 heavy (non-hydrogen) atoms. The van der Waals surface area contributed by atoms with Gasteiger partial charge in [-0.25, -0.2) is 5.11 Å². The lowest BCUT2D eigenvalue weighted by Gasteiger charge is -2.16. The third-order valence-electron chi connectivity index (χ3n) is 2.12. The zero-order valence-corrected chi connectivity index (χ0v) is 8.60. The maximum absolute atomic E-state index is 11.7. The molecule has 0 saturated heterocycles. The first-order valence-corrected chi connectivity index (χ1v) is 4.96. The molecule has 1 aromatic carbocycles. The maximum Gasteiger partial charge on any atom is 0.145 e. The van der Waals surface area contributed by atoms with Crippen LogP contribution in [0.4, 0.5) is 0 Å². The summed E-state index contributed by atoms with van der Waals surface area (Å²) in [4.78, 5) is 0. The molecule has 0 fully saturated rings. The fourth-order valence-electron chi connectivity index (χ4n) is 1.31. The van der Waals surface area contributed by atoms with E-state index in [1.165, 1.54) is 0 Å². The molecular formula is C12H16NO2. The molecule has 0 heterocycles. The minimum Gasteiger partial charge on any atom is -0.389 e. The van der Waals surface area contributed by atoms with E-state index in [2.05, 4.69) is 11.9 Å². The first-order valence-electron chi connectivity index (χ1n) is 4.96. The number of rotatable bonds is 6. The Morgan fingerprint density at radius 3 is 2.67 bits per heavy atom. The van der Waals surface area contributed by atoms with E-state index in [1.807, 2.05) is 6.07 Å². The predicted octanol–water partition coefficient (Wildman–Crippen LogP) is 1.29. The van der Waals surface area contributed by atoms with Gasteiger partial charge < -0.3 is 10.4 Å². The molecule has 2 unspecified atom stereocenters. The van der Waals surface area contributed by atoms with Crippen molar-refractivity contribution in [3.05, 3.63) is 48.6 Å². The molecule has 81 valence electrons. The van der Waals surface area contributed by atoms with Crippen LogP contribution < -0.4 is 5.32 Å². The van der Waals surface area contributed by atoms with Gasteiger partial charge in [-0.15, -0.1) is 6.58 Å². The number of aliphatic hydroxyl groups is 1. The summed E-state index contributed by atoms with van der Waals surface area (Å²) in [6, 6.07) is 8.90. The summed E-state index contributed by atoms with van der Waals surface area (Å²) in [6.07, 6.45) is -0.314. The van der Waals surface area contributed by atoms with Crippen LogP contribution in [-0.4, -0.2) is 24.3 Å². The molecule has 0 bridgehead atoms. The van der Waals surface area contributed by atoms with E-state index < -0.39 is 12.2 Å². The standard InChI is InChI=1S/C12H16NO2/c1-2-8-13-9-11(14)12(15)10-6-4-3-5-7-10/h2-7,11-14H,1,8-9H2. The van der Waals surface area contributed by atoms with E-state index in [9.17, 15) is 10.2 Å². The molecule has 1 aromatic rings. The van der Waals surface area contributed by atoms with Crippen LogP contribution in [0.25, 0.3) is 0 Å². The second kappa shape index (κ2) is 6.35. The lowest BCUT2D eigenvalue weighted by atomic mass is 10.0. The van der Waals surface area contributed by atoms with Crippen LogP contribution in [0.15, 0.2) is 43.0 Å². The van der Waals surface area contributed by atoms with Crippen LogP contribution in [0.3, 0.4) is 0 Å². The van der Waals surface area contributed by atoms with Crippen molar-refractivity contribution in [2.45, 2.75) is 12.2 Å². The van der Waals surface area contributed by atoms with Crippen LogP contribution >= 0.6 is 0 Å². The van der Waals surface area contributed by atoms with E-state index in [1.54, 1.807) is 30.3 Å². The fourth-order valence-corrected chi connectivity index (χ4v) is 1.31. The van der Waals surface area contributed by atoms with Gasteiger partial charge >= 0.3 is 0 Å². The van der Waals surface area contributed by atoms with Crippen LogP contribution in [0, 0.1) is 0 Å². The Bertz CT molecular complexity index is 287. The van der Waals surface area contributed by atoms with Gasteiger partial charge in [0.2, 0.25) is 0 Å². The Kier molecular flexibility index (Phi) is 5.04. The lowest BCUT2D eigenvalue weighted by Crippen LogP contribution is -2.31. The van der Waals surface area contributed by atoms with Gasteiger partial charge in [0.25, 0.3) is 0 Å². The smallest absolute Gasteiger partial charge is 0.145 e. The highest BCUT2D eigenvalue weighted by Gasteiger charge is 2.18. The Hall–Kier alpha value is -1.16. The molecule has 2 N–H and O–H groups in total. The van der Waals surface area contributed by atoms with Gasteiger partial charge in [0, 0.05) is 13.1 Å². The molecule has 0 aliphatic rings. The Morgan fingerprint density at radius 1 is 1.40 bits per heavy atom. The second-order valence-electron chi connectivity index (χ2n) is 3.35. The normalized spacial score (nSPS) is 14.5. The third kappa shape index (κ3) is 3.83. The van der Waals surface area contributed by atoms with Crippen molar-refractivity contribution in [2.75, 3.05) is 13.1 Å². The van der Waals surface area contributed by atoms with Gasteiger partial charge in [-0.1, -0.05) is 36.4 Å². The topological polar surface area (TPSA) is 52.2 Å². The number of hydrogen-bond donors (Lipinski definition) is 2. The maximum atomic E-state index is 11.7. The first-order chi connectivity index (χ1) is 7.25. The quantitative estimate of drug-likeness (QED) is 0.544. The molecule has 1 radical (unpaired) electrons. The van der Waals surface area contributed by atoms with E-state index in [4.69, 9.17) is 0 Å². The highest BCUT2D eigenvalue weighted by atomic mass is 16.3. The zero-order valence-electron chi connectivity index (χ0n) is 8.60. The summed E-state index contributed by atoms with van der Waals surface area (Å²) in [7, 11) is 0.